The Balaban J connectivity index is 1.64. The van der Waals surface area contributed by atoms with Crippen LogP contribution in [0.2, 0.25) is 0 Å². The van der Waals surface area contributed by atoms with Crippen molar-refractivity contribution in [3.05, 3.63) is 66.2 Å². The molecule has 0 radical (unpaired) electrons. The Morgan fingerprint density at radius 2 is 1.62 bits per heavy atom. The average Bonchev–Trinajstić information content (AvgIpc) is 2.61. The second-order valence-corrected chi connectivity index (χ2v) is 5.27. The van der Waals surface area contributed by atoms with Crippen molar-refractivity contribution in [2.75, 3.05) is 13.2 Å². The van der Waals surface area contributed by atoms with E-state index in [0.29, 0.717) is 12.3 Å². The molecule has 1 amide bonds. The number of nitrogens with one attached hydrogen (secondary N) is 1. The molecule has 0 aromatic heterocycles. The Morgan fingerprint density at radius 3 is 2.29 bits per heavy atom. The Labute approximate surface area is 141 Å². The van der Waals surface area contributed by atoms with Crippen LogP contribution >= 0.6 is 0 Å². The predicted octanol–water partition coefficient (Wildman–Crippen LogP) is 2.36. The predicted molar refractivity (Wildman–Crippen MR) is 90.6 cm³/mol. The SMILES string of the molecule is C[C@@H](Oc1ccccc1)C(=O)OCC(=O)NCCc1ccccc1. The maximum absolute atomic E-state index is 11.8. The van der Waals surface area contributed by atoms with Crippen molar-refractivity contribution in [3.63, 3.8) is 0 Å². The van der Waals surface area contributed by atoms with E-state index >= 15 is 0 Å². The third-order valence-corrected chi connectivity index (χ3v) is 3.31. The number of amides is 1. The zero-order valence-electron chi connectivity index (χ0n) is 13.6. The van der Waals surface area contributed by atoms with Gasteiger partial charge in [-0.15, -0.1) is 0 Å². The highest BCUT2D eigenvalue weighted by atomic mass is 16.6. The number of carbonyl (C=O) groups is 2. The first-order valence-electron chi connectivity index (χ1n) is 7.84. The largest absolute Gasteiger partial charge is 0.479 e. The molecule has 1 atom stereocenters. The fraction of sp³-hybridized carbons (Fsp3) is 0.263. The lowest BCUT2D eigenvalue weighted by Crippen LogP contribution is -2.33. The van der Waals surface area contributed by atoms with Crippen LogP contribution in [0.5, 0.6) is 5.75 Å². The molecule has 0 heterocycles. The van der Waals surface area contributed by atoms with Gasteiger partial charge in [0.2, 0.25) is 0 Å². The van der Waals surface area contributed by atoms with E-state index in [0.717, 1.165) is 12.0 Å². The maximum Gasteiger partial charge on any atom is 0.347 e. The van der Waals surface area contributed by atoms with Crippen molar-refractivity contribution in [2.45, 2.75) is 19.4 Å². The van der Waals surface area contributed by atoms with E-state index in [1.54, 1.807) is 19.1 Å². The van der Waals surface area contributed by atoms with Crippen LogP contribution in [-0.2, 0) is 20.7 Å². The van der Waals surface area contributed by atoms with Crippen LogP contribution in [0.25, 0.3) is 0 Å². The van der Waals surface area contributed by atoms with Crippen molar-refractivity contribution in [1.29, 1.82) is 0 Å². The van der Waals surface area contributed by atoms with Crippen molar-refractivity contribution in [3.8, 4) is 5.75 Å². The first-order valence-corrected chi connectivity index (χ1v) is 7.84. The van der Waals surface area contributed by atoms with Crippen molar-refractivity contribution in [2.24, 2.45) is 0 Å². The summed E-state index contributed by atoms with van der Waals surface area (Å²) < 4.78 is 10.4. The molecule has 0 aliphatic heterocycles. The van der Waals surface area contributed by atoms with E-state index in [1.165, 1.54) is 0 Å². The normalized spacial score (nSPS) is 11.4. The van der Waals surface area contributed by atoms with Crippen LogP contribution in [0.15, 0.2) is 60.7 Å². The molecular weight excluding hydrogens is 306 g/mol. The molecule has 2 rings (SSSR count). The molecule has 1 N–H and O–H groups in total. The van der Waals surface area contributed by atoms with E-state index in [2.05, 4.69) is 5.32 Å². The van der Waals surface area contributed by atoms with Gasteiger partial charge in [-0.1, -0.05) is 48.5 Å². The fourth-order valence-corrected chi connectivity index (χ4v) is 2.05. The number of ether oxygens (including phenoxy) is 2. The highest BCUT2D eigenvalue weighted by Crippen LogP contribution is 2.11. The third kappa shape index (κ3) is 6.12. The molecule has 0 unspecified atom stereocenters. The first kappa shape index (κ1) is 17.5. The molecule has 0 spiro atoms. The minimum atomic E-state index is -0.774. The van der Waals surface area contributed by atoms with Crippen LogP contribution in [-0.4, -0.2) is 31.1 Å². The zero-order chi connectivity index (χ0) is 17.2. The van der Waals surface area contributed by atoms with Crippen molar-refractivity contribution >= 4 is 11.9 Å². The highest BCUT2D eigenvalue weighted by Gasteiger charge is 2.17. The molecule has 0 aliphatic carbocycles. The summed E-state index contributed by atoms with van der Waals surface area (Å²) in [5, 5.41) is 2.72. The second kappa shape index (κ2) is 9.35. The Bertz CT molecular complexity index is 643. The molecule has 0 saturated carbocycles. The third-order valence-electron chi connectivity index (χ3n) is 3.31. The summed E-state index contributed by atoms with van der Waals surface area (Å²) in [4.78, 5) is 23.5. The standard InChI is InChI=1S/C19H21NO4/c1-15(24-17-10-6-3-7-11-17)19(22)23-14-18(21)20-13-12-16-8-4-2-5-9-16/h2-11,15H,12-14H2,1H3,(H,20,21)/t15-/m1/s1. The van der Waals surface area contributed by atoms with Gasteiger partial charge in [0.15, 0.2) is 12.7 Å². The summed E-state index contributed by atoms with van der Waals surface area (Å²) in [7, 11) is 0. The quantitative estimate of drug-likeness (QED) is 0.756. The maximum atomic E-state index is 11.8. The van der Waals surface area contributed by atoms with Crippen LogP contribution < -0.4 is 10.1 Å². The minimum absolute atomic E-state index is 0.309. The highest BCUT2D eigenvalue weighted by molar-refractivity contribution is 5.81. The monoisotopic (exact) mass is 327 g/mol. The van der Waals surface area contributed by atoms with Gasteiger partial charge in [0.1, 0.15) is 5.75 Å². The lowest BCUT2D eigenvalue weighted by molar-refractivity contribution is -0.154. The van der Waals surface area contributed by atoms with E-state index < -0.39 is 12.1 Å². The number of para-hydroxylation sites is 1. The molecule has 24 heavy (non-hydrogen) atoms. The van der Waals surface area contributed by atoms with Gasteiger partial charge in [0.05, 0.1) is 0 Å². The van der Waals surface area contributed by atoms with Gasteiger partial charge in [-0.25, -0.2) is 4.79 Å². The Kier molecular flexibility index (Phi) is 6.83. The lowest BCUT2D eigenvalue weighted by Gasteiger charge is -2.13. The smallest absolute Gasteiger partial charge is 0.347 e. The van der Waals surface area contributed by atoms with E-state index in [-0.39, 0.29) is 12.5 Å². The van der Waals surface area contributed by atoms with Gasteiger partial charge >= 0.3 is 5.97 Å². The molecular formula is C19H21NO4. The Hall–Kier alpha value is -2.82. The van der Waals surface area contributed by atoms with E-state index in [9.17, 15) is 9.59 Å². The fourth-order valence-electron chi connectivity index (χ4n) is 2.05. The minimum Gasteiger partial charge on any atom is -0.479 e. The zero-order valence-corrected chi connectivity index (χ0v) is 13.6. The summed E-state index contributed by atoms with van der Waals surface area (Å²) >= 11 is 0. The number of benzene rings is 2. The second-order valence-electron chi connectivity index (χ2n) is 5.27. The molecule has 0 bridgehead atoms. The van der Waals surface area contributed by atoms with Gasteiger partial charge in [0, 0.05) is 6.54 Å². The molecule has 2 aromatic rings. The molecule has 0 fully saturated rings. The Morgan fingerprint density at radius 1 is 1.00 bits per heavy atom. The number of hydrogen-bond donors (Lipinski definition) is 1. The van der Waals surface area contributed by atoms with Crippen LogP contribution in [0, 0.1) is 0 Å². The van der Waals surface area contributed by atoms with Crippen molar-refractivity contribution in [1.82, 2.24) is 5.32 Å². The average molecular weight is 327 g/mol. The molecule has 5 nitrogen and oxygen atoms in total. The number of esters is 1. The molecule has 0 aliphatic rings. The molecule has 0 saturated heterocycles. The summed E-state index contributed by atoms with van der Waals surface area (Å²) in [5.41, 5.74) is 1.14. The summed E-state index contributed by atoms with van der Waals surface area (Å²) in [6.07, 6.45) is -0.0434. The van der Waals surface area contributed by atoms with Gasteiger partial charge in [0.25, 0.3) is 5.91 Å². The number of hydrogen-bond acceptors (Lipinski definition) is 4. The topological polar surface area (TPSA) is 64.6 Å². The van der Waals surface area contributed by atoms with Crippen molar-refractivity contribution < 1.29 is 19.1 Å². The van der Waals surface area contributed by atoms with Crippen LogP contribution in [0.4, 0.5) is 0 Å². The van der Waals surface area contributed by atoms with Crippen LogP contribution in [0.1, 0.15) is 12.5 Å². The van der Waals surface area contributed by atoms with Gasteiger partial charge < -0.3 is 14.8 Å². The summed E-state index contributed by atoms with van der Waals surface area (Å²) in [6.45, 7) is 1.77. The van der Waals surface area contributed by atoms with Gasteiger partial charge in [-0.2, -0.15) is 0 Å². The molecule has 126 valence electrons. The molecule has 2 aromatic carbocycles. The van der Waals surface area contributed by atoms with E-state index in [4.69, 9.17) is 9.47 Å². The van der Waals surface area contributed by atoms with Crippen LogP contribution in [0.3, 0.4) is 0 Å². The summed E-state index contributed by atoms with van der Waals surface area (Å²) in [6, 6.07) is 18.8. The lowest BCUT2D eigenvalue weighted by atomic mass is 10.1. The van der Waals surface area contributed by atoms with Gasteiger partial charge in [-0.05, 0) is 31.0 Å². The number of rotatable bonds is 8. The summed E-state index contributed by atoms with van der Waals surface area (Å²) in [5.74, 6) is -0.322. The van der Waals surface area contributed by atoms with E-state index in [1.807, 2.05) is 48.5 Å². The molecule has 5 heteroatoms. The first-order chi connectivity index (χ1) is 11.6. The van der Waals surface area contributed by atoms with Gasteiger partial charge in [-0.3, -0.25) is 4.79 Å². The number of carbonyl (C=O) groups excluding carboxylic acids is 2.